The highest BCUT2D eigenvalue weighted by molar-refractivity contribution is 8.17. The van der Waals surface area contributed by atoms with Gasteiger partial charge < -0.3 is 9.47 Å². The summed E-state index contributed by atoms with van der Waals surface area (Å²) < 4.78 is 23.0. The molecule has 1 aromatic rings. The third-order valence-electron chi connectivity index (χ3n) is 4.09. The van der Waals surface area contributed by atoms with Crippen LogP contribution in [0, 0.1) is 10.1 Å². The molecule has 0 spiro atoms. The number of nitrogens with zero attached hydrogens (tertiary/aromatic N) is 2. The summed E-state index contributed by atoms with van der Waals surface area (Å²) in [5.41, 5.74) is 0.477. The molecule has 2 aliphatic rings. The van der Waals surface area contributed by atoms with Gasteiger partial charge in [0.1, 0.15) is 16.2 Å². The zero-order chi connectivity index (χ0) is 19.7. The number of rotatable bonds is 7. The van der Waals surface area contributed by atoms with Crippen molar-refractivity contribution in [3.8, 4) is 0 Å². The summed E-state index contributed by atoms with van der Waals surface area (Å²) in [6.45, 7) is 1.59. The number of methoxy groups -OCH3 is 1. The van der Waals surface area contributed by atoms with E-state index in [2.05, 4.69) is 0 Å². The number of hydrogen-bond acceptors (Lipinski definition) is 8. The quantitative estimate of drug-likeness (QED) is 0.286. The molecule has 0 aromatic heterocycles. The number of ether oxygens (including phenoxy) is 2. The third-order valence-corrected chi connectivity index (χ3v) is 7.17. The molecule has 1 unspecified atom stereocenters. The van der Waals surface area contributed by atoms with Crippen LogP contribution >= 0.6 is 11.8 Å². The minimum absolute atomic E-state index is 0.00889. The Balaban J connectivity index is 1.75. The molecule has 0 N–H and O–H groups in total. The second-order valence-electron chi connectivity index (χ2n) is 5.64. The lowest BCUT2D eigenvalue weighted by Gasteiger charge is -2.40. The van der Waals surface area contributed by atoms with Gasteiger partial charge in [-0.15, -0.1) is 0 Å². The van der Waals surface area contributed by atoms with Crippen LogP contribution in [0.2, 0.25) is 0 Å². The fourth-order valence-corrected chi connectivity index (χ4v) is 5.59. The normalized spacial score (nSPS) is 22.3. The Morgan fingerprint density at radius 1 is 1.37 bits per heavy atom. The largest absolute Gasteiger partial charge is 0.456 e. The second-order valence-corrected chi connectivity index (χ2v) is 8.70. The van der Waals surface area contributed by atoms with E-state index in [0.29, 0.717) is 15.6 Å². The first kappa shape index (κ1) is 19.5. The van der Waals surface area contributed by atoms with E-state index in [1.54, 1.807) is 6.92 Å². The van der Waals surface area contributed by atoms with Crippen LogP contribution in [0.3, 0.4) is 0 Å². The minimum atomic E-state index is -1.43. The number of nitro benzene ring substituents is 1. The maximum absolute atomic E-state index is 12.6. The van der Waals surface area contributed by atoms with Crippen LogP contribution in [-0.4, -0.2) is 50.2 Å². The van der Waals surface area contributed by atoms with E-state index in [0.717, 1.165) is 0 Å². The zero-order valence-corrected chi connectivity index (χ0v) is 16.1. The fraction of sp³-hybridized carbons (Fsp3) is 0.375. The number of non-ortho nitro benzene ring substituents is 1. The van der Waals surface area contributed by atoms with Crippen molar-refractivity contribution in [1.82, 2.24) is 4.90 Å². The minimum Gasteiger partial charge on any atom is -0.456 e. The van der Waals surface area contributed by atoms with Crippen LogP contribution in [0.1, 0.15) is 12.5 Å². The molecule has 2 aliphatic heterocycles. The predicted molar refractivity (Wildman–Crippen MR) is 97.6 cm³/mol. The van der Waals surface area contributed by atoms with Gasteiger partial charge in [-0.25, -0.2) is 4.79 Å². The van der Waals surface area contributed by atoms with Gasteiger partial charge in [-0.2, -0.15) is 0 Å². The summed E-state index contributed by atoms with van der Waals surface area (Å²) >= 11 is 1.18. The number of thioether (sulfide) groups is 1. The Kier molecular flexibility index (Phi) is 5.63. The van der Waals surface area contributed by atoms with Crippen LogP contribution in [0.5, 0.6) is 0 Å². The van der Waals surface area contributed by atoms with Crippen molar-refractivity contribution in [1.29, 1.82) is 0 Å². The van der Waals surface area contributed by atoms with Crippen LogP contribution in [0.25, 0.3) is 0 Å². The maximum atomic E-state index is 12.6. The van der Waals surface area contributed by atoms with Gasteiger partial charge in [0.05, 0.1) is 15.7 Å². The van der Waals surface area contributed by atoms with Gasteiger partial charge in [-0.1, -0.05) is 18.7 Å². The monoisotopic (exact) mass is 412 g/mol. The van der Waals surface area contributed by atoms with E-state index in [1.165, 1.54) is 48.0 Å². The number of hydrogen-bond donors (Lipinski definition) is 0. The molecule has 0 bridgehead atoms. The van der Waals surface area contributed by atoms with E-state index in [-0.39, 0.29) is 23.9 Å². The van der Waals surface area contributed by atoms with Crippen LogP contribution in [0.15, 0.2) is 34.2 Å². The van der Waals surface area contributed by atoms with Crippen LogP contribution in [-0.2, 0) is 36.5 Å². The molecule has 2 heterocycles. The highest BCUT2D eigenvalue weighted by Gasteiger charge is 2.57. The summed E-state index contributed by atoms with van der Waals surface area (Å²) in [5, 5.41) is 10.2. The number of esters is 1. The number of benzene rings is 1. The molecule has 27 heavy (non-hydrogen) atoms. The van der Waals surface area contributed by atoms with Crippen molar-refractivity contribution in [3.05, 3.63) is 49.9 Å². The second kappa shape index (κ2) is 7.79. The van der Waals surface area contributed by atoms with E-state index in [4.69, 9.17) is 9.47 Å². The SMILES string of the molecule is CCS(=O)C1=C(C(=O)OCc2ccc([N+](=O)[O-])cc2)N2C(=O)[C@H](OC)[C@H]2S1. The number of fused-ring (bicyclic) bond motifs is 1. The van der Waals surface area contributed by atoms with E-state index >= 15 is 0 Å². The Morgan fingerprint density at radius 2 is 2.04 bits per heavy atom. The van der Waals surface area contributed by atoms with Gasteiger partial charge in [0, 0.05) is 25.0 Å². The standard InChI is InChI=1S/C16H16N2O7S2/c1-3-27(23)16-11(17-13(19)12(24-2)14(17)26-16)15(20)25-8-9-4-6-10(7-5-9)18(21)22/h4-7,12,14H,3,8H2,1-2H3/t12-,14+,27?/m0/s1. The Bertz CT molecular complexity index is 853. The van der Waals surface area contributed by atoms with Gasteiger partial charge in [0.25, 0.3) is 11.6 Å². The first-order chi connectivity index (χ1) is 12.9. The van der Waals surface area contributed by atoms with Gasteiger partial charge in [-0.3, -0.25) is 24.0 Å². The van der Waals surface area contributed by atoms with Crippen molar-refractivity contribution in [2.24, 2.45) is 0 Å². The Morgan fingerprint density at radius 3 is 2.59 bits per heavy atom. The average Bonchev–Trinajstić information content (AvgIpc) is 3.02. The van der Waals surface area contributed by atoms with E-state index < -0.39 is 33.2 Å². The molecule has 1 aromatic carbocycles. The van der Waals surface area contributed by atoms with Crippen LogP contribution in [0.4, 0.5) is 5.69 Å². The van der Waals surface area contributed by atoms with Crippen molar-refractivity contribution in [2.45, 2.75) is 25.0 Å². The van der Waals surface area contributed by atoms with Crippen molar-refractivity contribution in [3.63, 3.8) is 0 Å². The zero-order valence-electron chi connectivity index (χ0n) is 14.4. The number of nitro groups is 1. The molecule has 144 valence electrons. The molecule has 1 amide bonds. The van der Waals surface area contributed by atoms with E-state index in [9.17, 15) is 23.9 Å². The molecule has 1 saturated heterocycles. The molecule has 0 saturated carbocycles. The summed E-state index contributed by atoms with van der Waals surface area (Å²) in [5.74, 6) is -0.836. The molecular formula is C16H16N2O7S2. The van der Waals surface area contributed by atoms with Crippen molar-refractivity contribution >= 4 is 40.1 Å². The first-order valence-corrected chi connectivity index (χ1v) is 10.1. The molecule has 0 aliphatic carbocycles. The van der Waals surface area contributed by atoms with Gasteiger partial charge in [0.15, 0.2) is 11.8 Å². The van der Waals surface area contributed by atoms with Crippen molar-refractivity contribution < 1.29 is 28.2 Å². The number of amides is 1. The lowest BCUT2D eigenvalue weighted by atomic mass is 10.1. The predicted octanol–water partition coefficient (Wildman–Crippen LogP) is 1.51. The summed E-state index contributed by atoms with van der Waals surface area (Å²) in [6.07, 6.45) is -0.682. The molecular weight excluding hydrogens is 396 g/mol. The maximum Gasteiger partial charge on any atom is 0.357 e. The fourth-order valence-electron chi connectivity index (χ4n) is 2.68. The molecule has 0 radical (unpaired) electrons. The van der Waals surface area contributed by atoms with Gasteiger partial charge in [-0.05, 0) is 17.7 Å². The first-order valence-electron chi connectivity index (χ1n) is 7.94. The van der Waals surface area contributed by atoms with Crippen molar-refractivity contribution in [2.75, 3.05) is 12.9 Å². The Labute approximate surface area is 161 Å². The molecule has 3 rings (SSSR count). The van der Waals surface area contributed by atoms with Gasteiger partial charge >= 0.3 is 5.97 Å². The third kappa shape index (κ3) is 3.49. The molecule has 3 atom stereocenters. The number of β-lactam (4-membered cyclic amide) rings is 1. The highest BCUT2D eigenvalue weighted by atomic mass is 32.2. The molecule has 1 fully saturated rings. The van der Waals surface area contributed by atoms with E-state index in [1.807, 2.05) is 0 Å². The number of carbonyl (C=O) groups is 2. The highest BCUT2D eigenvalue weighted by Crippen LogP contribution is 2.48. The molecule has 11 heteroatoms. The lowest BCUT2D eigenvalue weighted by Crippen LogP contribution is -2.61. The lowest BCUT2D eigenvalue weighted by molar-refractivity contribution is -0.384. The van der Waals surface area contributed by atoms with Crippen LogP contribution < -0.4 is 0 Å². The average molecular weight is 412 g/mol. The number of carbonyl (C=O) groups excluding carboxylic acids is 2. The smallest absolute Gasteiger partial charge is 0.357 e. The summed E-state index contributed by atoms with van der Waals surface area (Å²) in [7, 11) is -0.0207. The molecule has 9 nitrogen and oxygen atoms in total. The summed E-state index contributed by atoms with van der Waals surface area (Å²) in [6, 6.07) is 5.58. The topological polar surface area (TPSA) is 116 Å². The van der Waals surface area contributed by atoms with Gasteiger partial charge in [0.2, 0.25) is 0 Å². The Hall–Kier alpha value is -2.24. The summed E-state index contributed by atoms with van der Waals surface area (Å²) in [4.78, 5) is 36.2.